The van der Waals surface area contributed by atoms with Crippen LogP contribution in [0.3, 0.4) is 0 Å². The first-order chi connectivity index (χ1) is 9.45. The number of nitrogens with zero attached hydrogens (tertiary/aromatic N) is 2. The van der Waals surface area contributed by atoms with Crippen LogP contribution in [0.5, 0.6) is 0 Å². The summed E-state index contributed by atoms with van der Waals surface area (Å²) in [6.45, 7) is 1.72. The van der Waals surface area contributed by atoms with Crippen LogP contribution in [-0.4, -0.2) is 28.2 Å². The molecule has 0 spiro atoms. The molecule has 1 aromatic rings. The summed E-state index contributed by atoms with van der Waals surface area (Å²) >= 11 is 5.76. The maximum Gasteiger partial charge on any atom is 0.308 e. The lowest BCUT2D eigenvalue weighted by Crippen LogP contribution is -2.37. The molecule has 1 atom stereocenters. The number of aliphatic hydroxyl groups is 1. The number of hydrogen-bond acceptors (Lipinski definition) is 5. The Kier molecular flexibility index (Phi) is 4.60. The lowest BCUT2D eigenvalue weighted by Gasteiger charge is -2.36. The monoisotopic (exact) mass is 298 g/mol. The molecule has 0 amide bonds. The number of ether oxygens (including phenoxy) is 1. The average molecular weight is 299 g/mol. The molecule has 1 fully saturated rings. The van der Waals surface area contributed by atoms with Gasteiger partial charge in [0, 0.05) is 12.4 Å². The molecule has 0 radical (unpaired) electrons. The number of rotatable bonds is 3. The molecule has 0 saturated heterocycles. The molecule has 1 heterocycles. The zero-order valence-electron chi connectivity index (χ0n) is 11.7. The summed E-state index contributed by atoms with van der Waals surface area (Å²) in [5.41, 5.74) is -1.11. The van der Waals surface area contributed by atoms with E-state index in [0.717, 1.165) is 25.7 Å². The van der Waals surface area contributed by atoms with Crippen LogP contribution in [0.25, 0.3) is 0 Å². The van der Waals surface area contributed by atoms with Gasteiger partial charge in [0.1, 0.15) is 5.60 Å². The molecule has 0 bridgehead atoms. The van der Waals surface area contributed by atoms with Gasteiger partial charge in [-0.05, 0) is 38.5 Å². The van der Waals surface area contributed by atoms with E-state index < -0.39 is 5.60 Å². The van der Waals surface area contributed by atoms with E-state index in [4.69, 9.17) is 16.3 Å². The molecule has 5 nitrogen and oxygen atoms in total. The number of aromatic nitrogens is 2. The average Bonchev–Trinajstić information content (AvgIpc) is 2.47. The molecule has 0 aromatic carbocycles. The molecular weight excluding hydrogens is 280 g/mol. The Bertz CT molecular complexity index is 468. The quantitative estimate of drug-likeness (QED) is 0.867. The van der Waals surface area contributed by atoms with Crippen LogP contribution < -0.4 is 0 Å². The van der Waals surface area contributed by atoms with E-state index >= 15 is 0 Å². The van der Waals surface area contributed by atoms with Crippen LogP contribution in [0.15, 0.2) is 12.4 Å². The van der Waals surface area contributed by atoms with Gasteiger partial charge in [-0.25, -0.2) is 9.97 Å². The Labute approximate surface area is 123 Å². The smallest absolute Gasteiger partial charge is 0.308 e. The Morgan fingerprint density at radius 1 is 1.35 bits per heavy atom. The molecule has 1 N–H and O–H groups in total. The van der Waals surface area contributed by atoms with Crippen molar-refractivity contribution in [3.8, 4) is 0 Å². The Hall–Kier alpha value is -1.20. The van der Waals surface area contributed by atoms with Crippen LogP contribution in [0.2, 0.25) is 5.02 Å². The summed E-state index contributed by atoms with van der Waals surface area (Å²) in [5, 5.41) is 11.1. The minimum absolute atomic E-state index is 0.0320. The fourth-order valence-electron chi connectivity index (χ4n) is 2.81. The van der Waals surface area contributed by atoms with Crippen LogP contribution in [0.4, 0.5) is 0 Å². The molecule has 1 saturated carbocycles. The first-order valence-corrected chi connectivity index (χ1v) is 7.11. The van der Waals surface area contributed by atoms with Crippen molar-refractivity contribution in [2.75, 3.05) is 7.11 Å². The van der Waals surface area contributed by atoms with Gasteiger partial charge in [0.2, 0.25) is 0 Å². The highest BCUT2D eigenvalue weighted by Crippen LogP contribution is 2.39. The molecule has 1 aliphatic rings. The Morgan fingerprint density at radius 3 is 2.40 bits per heavy atom. The SMILES string of the molecule is COC(=O)C1CCC([C@@](C)(O)c2ncc(Cl)cn2)CC1. The standard InChI is InChI=1S/C14H19ClN2O3/c1-14(19,13-16-7-11(15)8-17-13)10-5-3-9(4-6-10)12(18)20-2/h7-10,19H,3-6H2,1-2H3/t9?,10?,14-/m1/s1. The molecule has 1 aliphatic carbocycles. The third-order valence-electron chi connectivity index (χ3n) is 4.13. The second-order valence-electron chi connectivity index (χ2n) is 5.44. The molecule has 1 aromatic heterocycles. The van der Waals surface area contributed by atoms with Crippen molar-refractivity contribution in [3.63, 3.8) is 0 Å². The van der Waals surface area contributed by atoms with Gasteiger partial charge in [-0.1, -0.05) is 11.6 Å². The van der Waals surface area contributed by atoms with E-state index in [0.29, 0.717) is 10.8 Å². The van der Waals surface area contributed by atoms with E-state index in [9.17, 15) is 9.90 Å². The highest BCUT2D eigenvalue weighted by Gasteiger charge is 2.40. The first kappa shape index (κ1) is 15.2. The molecule has 2 rings (SSSR count). The van der Waals surface area contributed by atoms with Gasteiger partial charge in [-0.15, -0.1) is 0 Å². The zero-order chi connectivity index (χ0) is 14.8. The Balaban J connectivity index is 2.05. The number of esters is 1. The lowest BCUT2D eigenvalue weighted by molar-refractivity contribution is -0.148. The van der Waals surface area contributed by atoms with Crippen molar-refractivity contribution < 1.29 is 14.6 Å². The van der Waals surface area contributed by atoms with Crippen molar-refractivity contribution in [1.82, 2.24) is 9.97 Å². The van der Waals surface area contributed by atoms with Gasteiger partial charge in [0.05, 0.1) is 18.1 Å². The van der Waals surface area contributed by atoms with Gasteiger partial charge in [0.15, 0.2) is 5.82 Å². The van der Waals surface area contributed by atoms with Crippen molar-refractivity contribution in [1.29, 1.82) is 0 Å². The predicted molar refractivity (Wildman–Crippen MR) is 74.1 cm³/mol. The molecule has 0 unspecified atom stereocenters. The zero-order valence-corrected chi connectivity index (χ0v) is 12.4. The highest BCUT2D eigenvalue weighted by atomic mass is 35.5. The topological polar surface area (TPSA) is 72.3 Å². The molecule has 6 heteroatoms. The molecular formula is C14H19ClN2O3. The minimum atomic E-state index is -1.11. The lowest BCUT2D eigenvalue weighted by atomic mass is 9.74. The van der Waals surface area contributed by atoms with Gasteiger partial charge in [0.25, 0.3) is 0 Å². The summed E-state index contributed by atoms with van der Waals surface area (Å²) in [7, 11) is 1.41. The van der Waals surface area contributed by atoms with Crippen molar-refractivity contribution in [2.45, 2.75) is 38.2 Å². The summed E-state index contributed by atoms with van der Waals surface area (Å²) in [4.78, 5) is 19.7. The van der Waals surface area contributed by atoms with E-state index in [1.54, 1.807) is 6.92 Å². The summed E-state index contributed by atoms with van der Waals surface area (Å²) in [6, 6.07) is 0. The maximum absolute atomic E-state index is 11.5. The van der Waals surface area contributed by atoms with Crippen molar-refractivity contribution in [2.24, 2.45) is 11.8 Å². The Morgan fingerprint density at radius 2 is 1.90 bits per heavy atom. The third kappa shape index (κ3) is 3.10. The number of hydrogen-bond donors (Lipinski definition) is 1. The maximum atomic E-state index is 11.5. The van der Waals surface area contributed by atoms with Gasteiger partial charge in [-0.2, -0.15) is 0 Å². The third-order valence-corrected chi connectivity index (χ3v) is 4.32. The van der Waals surface area contributed by atoms with Crippen LogP contribution in [0.1, 0.15) is 38.4 Å². The van der Waals surface area contributed by atoms with Crippen LogP contribution >= 0.6 is 11.6 Å². The van der Waals surface area contributed by atoms with Gasteiger partial charge >= 0.3 is 5.97 Å². The second-order valence-corrected chi connectivity index (χ2v) is 5.88. The number of carbonyl (C=O) groups excluding carboxylic acids is 1. The van der Waals surface area contributed by atoms with E-state index in [-0.39, 0.29) is 17.8 Å². The van der Waals surface area contributed by atoms with E-state index in [1.165, 1.54) is 19.5 Å². The second kappa shape index (κ2) is 6.06. The largest absolute Gasteiger partial charge is 0.469 e. The predicted octanol–water partition coefficient (Wildman–Crippen LogP) is 2.32. The van der Waals surface area contributed by atoms with E-state index in [1.807, 2.05) is 0 Å². The summed E-state index contributed by atoms with van der Waals surface area (Å²) in [6.07, 6.45) is 5.91. The number of methoxy groups -OCH3 is 1. The van der Waals surface area contributed by atoms with Gasteiger partial charge in [-0.3, -0.25) is 4.79 Å². The van der Waals surface area contributed by atoms with Crippen molar-refractivity contribution >= 4 is 17.6 Å². The highest BCUT2D eigenvalue weighted by molar-refractivity contribution is 6.30. The van der Waals surface area contributed by atoms with Crippen LogP contribution in [0, 0.1) is 11.8 Å². The normalized spacial score (nSPS) is 25.8. The number of carbonyl (C=O) groups is 1. The summed E-state index contributed by atoms with van der Waals surface area (Å²) < 4.78 is 4.77. The van der Waals surface area contributed by atoms with Crippen molar-refractivity contribution in [3.05, 3.63) is 23.2 Å². The number of halogens is 1. The first-order valence-electron chi connectivity index (χ1n) is 6.73. The van der Waals surface area contributed by atoms with Crippen LogP contribution in [-0.2, 0) is 15.1 Å². The molecule has 110 valence electrons. The van der Waals surface area contributed by atoms with Gasteiger partial charge < -0.3 is 9.84 Å². The summed E-state index contributed by atoms with van der Waals surface area (Å²) in [5.74, 6) is 0.192. The molecule has 20 heavy (non-hydrogen) atoms. The fourth-order valence-corrected chi connectivity index (χ4v) is 2.91. The minimum Gasteiger partial charge on any atom is -0.469 e. The molecule has 0 aliphatic heterocycles. The fraction of sp³-hybridized carbons (Fsp3) is 0.643. The van der Waals surface area contributed by atoms with E-state index in [2.05, 4.69) is 9.97 Å².